The van der Waals surface area contributed by atoms with Crippen LogP contribution in [0.1, 0.15) is 22.8 Å². The van der Waals surface area contributed by atoms with Crippen molar-refractivity contribution >= 4 is 40.5 Å². The maximum absolute atomic E-state index is 12.1. The van der Waals surface area contributed by atoms with Crippen LogP contribution in [0.2, 0.25) is 10.0 Å². The van der Waals surface area contributed by atoms with E-state index in [0.29, 0.717) is 32.6 Å². The van der Waals surface area contributed by atoms with Crippen molar-refractivity contribution in [2.75, 3.05) is 5.32 Å². The molecule has 0 fully saturated rings. The molecular weight excluding hydrogens is 311 g/mol. The minimum Gasteiger partial charge on any atom is -0.411 e. The quantitative estimate of drug-likeness (QED) is 0.498. The second-order valence-electron chi connectivity index (χ2n) is 4.35. The number of carbonyl (C=O) groups is 1. The number of oxime groups is 1. The molecule has 2 aromatic carbocycles. The van der Waals surface area contributed by atoms with Gasteiger partial charge in [0.15, 0.2) is 0 Å². The molecule has 2 aromatic rings. The third kappa shape index (κ3) is 3.74. The first-order valence-electron chi connectivity index (χ1n) is 6.07. The molecule has 0 heterocycles. The van der Waals surface area contributed by atoms with Crippen LogP contribution in [0, 0.1) is 0 Å². The van der Waals surface area contributed by atoms with Gasteiger partial charge < -0.3 is 10.5 Å². The number of halogens is 2. The van der Waals surface area contributed by atoms with Crippen molar-refractivity contribution in [1.29, 1.82) is 0 Å². The van der Waals surface area contributed by atoms with Gasteiger partial charge in [0, 0.05) is 16.8 Å². The van der Waals surface area contributed by atoms with Crippen molar-refractivity contribution in [2.45, 2.75) is 6.92 Å². The summed E-state index contributed by atoms with van der Waals surface area (Å²) in [4.78, 5) is 12.1. The van der Waals surface area contributed by atoms with E-state index in [0.717, 1.165) is 0 Å². The Morgan fingerprint density at radius 3 is 2.52 bits per heavy atom. The first-order chi connectivity index (χ1) is 10.0. The minimum absolute atomic E-state index is 0.302. The van der Waals surface area contributed by atoms with Gasteiger partial charge in [-0.25, -0.2) is 0 Å². The number of hydrogen-bond acceptors (Lipinski definition) is 3. The largest absolute Gasteiger partial charge is 0.411 e. The zero-order valence-electron chi connectivity index (χ0n) is 11.1. The lowest BCUT2D eigenvalue weighted by molar-refractivity contribution is 0.102. The van der Waals surface area contributed by atoms with Gasteiger partial charge in [0.1, 0.15) is 0 Å². The Labute approximate surface area is 132 Å². The van der Waals surface area contributed by atoms with Crippen molar-refractivity contribution in [2.24, 2.45) is 5.16 Å². The van der Waals surface area contributed by atoms with Gasteiger partial charge >= 0.3 is 0 Å². The Kier molecular flexibility index (Phi) is 4.83. The SMILES string of the molecule is C/C(=N\O)c1cccc(NC(=O)c2ccc(Cl)c(Cl)c2)c1. The first kappa shape index (κ1) is 15.4. The molecule has 0 atom stereocenters. The zero-order chi connectivity index (χ0) is 15.4. The Balaban J connectivity index is 2.21. The Morgan fingerprint density at radius 2 is 1.86 bits per heavy atom. The highest BCUT2D eigenvalue weighted by atomic mass is 35.5. The van der Waals surface area contributed by atoms with Gasteiger partial charge in [0.25, 0.3) is 5.91 Å². The summed E-state index contributed by atoms with van der Waals surface area (Å²) in [6.45, 7) is 1.67. The molecule has 108 valence electrons. The van der Waals surface area contributed by atoms with E-state index in [1.54, 1.807) is 43.3 Å². The minimum atomic E-state index is -0.302. The van der Waals surface area contributed by atoms with E-state index in [1.807, 2.05) is 0 Å². The lowest BCUT2D eigenvalue weighted by Crippen LogP contribution is -2.12. The van der Waals surface area contributed by atoms with Crippen molar-refractivity contribution in [3.63, 3.8) is 0 Å². The zero-order valence-corrected chi connectivity index (χ0v) is 12.6. The third-order valence-electron chi connectivity index (χ3n) is 2.87. The van der Waals surface area contributed by atoms with Gasteiger partial charge in [-0.3, -0.25) is 4.79 Å². The monoisotopic (exact) mass is 322 g/mol. The van der Waals surface area contributed by atoms with Gasteiger partial charge in [-0.15, -0.1) is 0 Å². The summed E-state index contributed by atoms with van der Waals surface area (Å²) in [7, 11) is 0. The molecule has 0 aliphatic heterocycles. The lowest BCUT2D eigenvalue weighted by Gasteiger charge is -2.07. The topological polar surface area (TPSA) is 61.7 Å². The van der Waals surface area contributed by atoms with Gasteiger partial charge in [0.2, 0.25) is 0 Å². The van der Waals surface area contributed by atoms with E-state index in [-0.39, 0.29) is 5.91 Å². The highest BCUT2D eigenvalue weighted by Crippen LogP contribution is 2.23. The van der Waals surface area contributed by atoms with E-state index in [9.17, 15) is 4.79 Å². The molecular formula is C15H12Cl2N2O2. The molecule has 2 N–H and O–H groups in total. The summed E-state index contributed by atoms with van der Waals surface area (Å²) in [5.74, 6) is -0.302. The number of rotatable bonds is 3. The number of anilines is 1. The van der Waals surface area contributed by atoms with Gasteiger partial charge in [0.05, 0.1) is 15.8 Å². The second-order valence-corrected chi connectivity index (χ2v) is 5.16. The molecule has 0 saturated carbocycles. The molecule has 21 heavy (non-hydrogen) atoms. The third-order valence-corrected chi connectivity index (χ3v) is 3.61. The van der Waals surface area contributed by atoms with Crippen LogP contribution in [0.4, 0.5) is 5.69 Å². The van der Waals surface area contributed by atoms with Gasteiger partial charge in [-0.2, -0.15) is 0 Å². The van der Waals surface area contributed by atoms with Crippen LogP contribution in [-0.2, 0) is 0 Å². The van der Waals surface area contributed by atoms with Crippen LogP contribution < -0.4 is 5.32 Å². The Bertz CT molecular complexity index is 715. The smallest absolute Gasteiger partial charge is 0.255 e. The van der Waals surface area contributed by atoms with Crippen molar-refractivity contribution in [3.8, 4) is 0 Å². The molecule has 1 amide bonds. The number of carbonyl (C=O) groups excluding carboxylic acids is 1. The number of hydrogen-bond donors (Lipinski definition) is 2. The summed E-state index contributed by atoms with van der Waals surface area (Å²) in [5, 5.41) is 15.4. The molecule has 0 aliphatic carbocycles. The fourth-order valence-electron chi connectivity index (χ4n) is 1.72. The molecule has 0 spiro atoms. The first-order valence-corrected chi connectivity index (χ1v) is 6.82. The van der Waals surface area contributed by atoms with Crippen LogP contribution >= 0.6 is 23.2 Å². The summed E-state index contributed by atoms with van der Waals surface area (Å²) in [5.41, 5.74) is 2.17. The maximum atomic E-state index is 12.1. The number of nitrogens with zero attached hydrogens (tertiary/aromatic N) is 1. The van der Waals surface area contributed by atoms with Crippen LogP contribution in [0.3, 0.4) is 0 Å². The molecule has 2 rings (SSSR count). The van der Waals surface area contributed by atoms with E-state index in [2.05, 4.69) is 10.5 Å². The molecule has 0 saturated heterocycles. The highest BCUT2D eigenvalue weighted by Gasteiger charge is 2.09. The number of amides is 1. The van der Waals surface area contributed by atoms with E-state index < -0.39 is 0 Å². The predicted molar refractivity (Wildman–Crippen MR) is 84.9 cm³/mol. The fourth-order valence-corrected chi connectivity index (χ4v) is 2.02. The molecule has 0 aromatic heterocycles. The molecule has 0 unspecified atom stereocenters. The van der Waals surface area contributed by atoms with Crippen LogP contribution in [-0.4, -0.2) is 16.8 Å². The predicted octanol–water partition coefficient (Wildman–Crippen LogP) is 4.44. The van der Waals surface area contributed by atoms with Gasteiger partial charge in [-0.05, 0) is 37.3 Å². The fraction of sp³-hybridized carbons (Fsp3) is 0.0667. The molecule has 4 nitrogen and oxygen atoms in total. The van der Waals surface area contributed by atoms with E-state index >= 15 is 0 Å². The van der Waals surface area contributed by atoms with Crippen molar-refractivity contribution in [3.05, 3.63) is 63.6 Å². The summed E-state index contributed by atoms with van der Waals surface area (Å²) in [6.07, 6.45) is 0. The number of benzene rings is 2. The molecule has 0 bridgehead atoms. The Hall–Kier alpha value is -2.04. The molecule has 0 radical (unpaired) electrons. The van der Waals surface area contributed by atoms with Crippen molar-refractivity contribution < 1.29 is 10.0 Å². The maximum Gasteiger partial charge on any atom is 0.255 e. The standard InChI is InChI=1S/C15H12Cl2N2O2/c1-9(19-21)10-3-2-4-12(7-10)18-15(20)11-5-6-13(16)14(17)8-11/h2-8,21H,1H3,(H,18,20)/b19-9+. The van der Waals surface area contributed by atoms with Gasteiger partial charge in [-0.1, -0.05) is 40.5 Å². The van der Waals surface area contributed by atoms with Crippen LogP contribution in [0.25, 0.3) is 0 Å². The summed E-state index contributed by atoms with van der Waals surface area (Å²) in [6, 6.07) is 11.7. The Morgan fingerprint density at radius 1 is 1.10 bits per heavy atom. The number of nitrogens with one attached hydrogen (secondary N) is 1. The normalized spacial score (nSPS) is 11.3. The summed E-state index contributed by atoms with van der Waals surface area (Å²) >= 11 is 11.7. The van der Waals surface area contributed by atoms with E-state index in [1.165, 1.54) is 6.07 Å². The molecule has 0 aliphatic rings. The second kappa shape index (κ2) is 6.61. The van der Waals surface area contributed by atoms with Crippen LogP contribution in [0.15, 0.2) is 47.6 Å². The average molecular weight is 323 g/mol. The van der Waals surface area contributed by atoms with Crippen molar-refractivity contribution in [1.82, 2.24) is 0 Å². The van der Waals surface area contributed by atoms with Crippen LogP contribution in [0.5, 0.6) is 0 Å². The average Bonchev–Trinajstić information content (AvgIpc) is 2.49. The highest BCUT2D eigenvalue weighted by molar-refractivity contribution is 6.42. The lowest BCUT2D eigenvalue weighted by atomic mass is 10.1. The molecule has 6 heteroatoms. The van der Waals surface area contributed by atoms with E-state index in [4.69, 9.17) is 28.4 Å². The summed E-state index contributed by atoms with van der Waals surface area (Å²) < 4.78 is 0.